The van der Waals surface area contributed by atoms with Gasteiger partial charge in [0.25, 0.3) is 0 Å². The molecule has 0 spiro atoms. The second-order valence-corrected chi connectivity index (χ2v) is 1.09. The molecule has 0 amide bonds. The van der Waals surface area contributed by atoms with Gasteiger partial charge in [0.2, 0.25) is 0 Å². The molecule has 0 aromatic heterocycles. The zero-order valence-electron chi connectivity index (χ0n) is 3.89. The van der Waals surface area contributed by atoms with Crippen LogP contribution in [0.15, 0.2) is 0 Å². The van der Waals surface area contributed by atoms with E-state index >= 15 is 0 Å². The van der Waals surface area contributed by atoms with Gasteiger partial charge in [-0.15, -0.1) is 0 Å². The Hall–Kier alpha value is -0.0900. The Morgan fingerprint density at radius 1 is 1.71 bits per heavy atom. The van der Waals surface area contributed by atoms with Crippen molar-refractivity contribution in [2.24, 2.45) is 0 Å². The van der Waals surface area contributed by atoms with Crippen molar-refractivity contribution in [2.75, 3.05) is 12.4 Å². The Labute approximate surface area is 50.1 Å². The normalized spacial score (nSPS) is 6.14. The van der Waals surface area contributed by atoms with Gasteiger partial charge in [0.05, 0.1) is 0 Å². The number of carboxylic acid groups (broad SMARTS) is 1. The van der Waals surface area contributed by atoms with Crippen LogP contribution in [-0.4, -0.2) is 28.6 Å². The molecule has 0 saturated heterocycles. The van der Waals surface area contributed by atoms with E-state index in [-0.39, 0.29) is 5.33 Å². The minimum atomic E-state index is -0.829. The monoisotopic (exact) mass is 170 g/mol. The minimum Gasteiger partial charge on any atom is -0.481 e. The van der Waals surface area contributed by atoms with Crippen LogP contribution in [0.25, 0.3) is 0 Å². The lowest BCUT2D eigenvalue weighted by molar-refractivity contribution is -0.133. The van der Waals surface area contributed by atoms with Crippen LogP contribution < -0.4 is 0 Å². The van der Waals surface area contributed by atoms with E-state index in [0.717, 1.165) is 7.11 Å². The molecule has 0 aliphatic rings. The summed E-state index contributed by atoms with van der Waals surface area (Å²) in [7, 11) is 1.00. The van der Waals surface area contributed by atoms with Crippen LogP contribution in [0.5, 0.6) is 0 Å². The van der Waals surface area contributed by atoms with Crippen molar-refractivity contribution >= 4 is 21.9 Å². The first kappa shape index (κ1) is 10.0. The van der Waals surface area contributed by atoms with Crippen LogP contribution in [0.1, 0.15) is 0 Å². The predicted molar refractivity (Wildman–Crippen MR) is 29.6 cm³/mol. The lowest BCUT2D eigenvalue weighted by Gasteiger charge is -1.70. The maximum absolute atomic E-state index is 9.32. The third kappa shape index (κ3) is 24.8. The van der Waals surface area contributed by atoms with E-state index in [1.165, 1.54) is 0 Å². The molecule has 7 heavy (non-hydrogen) atoms. The number of aliphatic carboxylic acids is 1. The van der Waals surface area contributed by atoms with Crippen LogP contribution in [-0.2, 0) is 4.79 Å². The van der Waals surface area contributed by atoms with E-state index in [1.807, 2.05) is 0 Å². The van der Waals surface area contributed by atoms with Gasteiger partial charge in [-0.2, -0.15) is 0 Å². The first-order chi connectivity index (χ1) is 3.27. The number of aliphatic hydroxyl groups is 1. The molecule has 44 valence electrons. The molecule has 0 unspecified atom stereocenters. The summed E-state index contributed by atoms with van der Waals surface area (Å²) >= 11 is 2.71. The lowest BCUT2D eigenvalue weighted by Crippen LogP contribution is -1.92. The second-order valence-electron chi connectivity index (χ2n) is 0.527. The molecule has 0 aromatic carbocycles. The second kappa shape index (κ2) is 9.32. The molecular weight excluding hydrogens is 164 g/mol. The average Bonchev–Trinajstić information content (AvgIpc) is 1.73. The quantitative estimate of drug-likeness (QED) is 0.549. The Bertz CT molecular complexity index is 45.4. The smallest absolute Gasteiger partial charge is 0.314 e. The SMILES string of the molecule is CO.O=C(O)CBr. The van der Waals surface area contributed by atoms with Gasteiger partial charge in [-0.3, -0.25) is 4.79 Å². The van der Waals surface area contributed by atoms with E-state index < -0.39 is 5.97 Å². The maximum atomic E-state index is 9.32. The van der Waals surface area contributed by atoms with Gasteiger partial charge in [0, 0.05) is 7.11 Å². The molecule has 0 atom stereocenters. The van der Waals surface area contributed by atoms with Gasteiger partial charge < -0.3 is 10.2 Å². The van der Waals surface area contributed by atoms with Crippen LogP contribution in [0.2, 0.25) is 0 Å². The fourth-order valence-corrected chi connectivity index (χ4v) is 0. The molecule has 4 heteroatoms. The van der Waals surface area contributed by atoms with Crippen molar-refractivity contribution in [3.63, 3.8) is 0 Å². The van der Waals surface area contributed by atoms with E-state index in [1.54, 1.807) is 0 Å². The molecule has 0 aliphatic heterocycles. The van der Waals surface area contributed by atoms with Gasteiger partial charge in [-0.05, 0) is 0 Å². The molecule has 0 rings (SSSR count). The van der Waals surface area contributed by atoms with Crippen LogP contribution in [0.3, 0.4) is 0 Å². The highest BCUT2D eigenvalue weighted by Gasteiger charge is 1.83. The fraction of sp³-hybridized carbons (Fsp3) is 0.667. The standard InChI is InChI=1S/C2H3BrO2.CH4O/c3-1-2(4)5;1-2/h1H2,(H,4,5);2H,1H3. The number of alkyl halides is 1. The number of carboxylic acids is 1. The van der Waals surface area contributed by atoms with Gasteiger partial charge in [-0.1, -0.05) is 15.9 Å². The third-order valence-electron chi connectivity index (χ3n) is 0.114. The van der Waals surface area contributed by atoms with Crippen LogP contribution in [0, 0.1) is 0 Å². The van der Waals surface area contributed by atoms with Crippen LogP contribution >= 0.6 is 15.9 Å². The molecule has 0 saturated carbocycles. The van der Waals surface area contributed by atoms with Crippen molar-refractivity contribution < 1.29 is 15.0 Å². The summed E-state index contributed by atoms with van der Waals surface area (Å²) in [6.45, 7) is 0. The van der Waals surface area contributed by atoms with Gasteiger partial charge in [0.15, 0.2) is 0 Å². The zero-order chi connectivity index (χ0) is 6.28. The van der Waals surface area contributed by atoms with Crippen molar-refractivity contribution in [1.29, 1.82) is 0 Å². The van der Waals surface area contributed by atoms with Crippen molar-refractivity contribution in [3.8, 4) is 0 Å². The fourth-order valence-electron chi connectivity index (χ4n) is 0. The Morgan fingerprint density at radius 2 is 1.86 bits per heavy atom. The van der Waals surface area contributed by atoms with E-state index in [0.29, 0.717) is 0 Å². The van der Waals surface area contributed by atoms with Gasteiger partial charge in [-0.25, -0.2) is 0 Å². The summed E-state index contributed by atoms with van der Waals surface area (Å²) in [5, 5.41) is 14.7. The topological polar surface area (TPSA) is 57.5 Å². The molecular formula is C3H7BrO3. The molecule has 0 heterocycles. The Balaban J connectivity index is 0. The summed E-state index contributed by atoms with van der Waals surface area (Å²) in [6, 6.07) is 0. The highest BCUT2D eigenvalue weighted by molar-refractivity contribution is 9.09. The summed E-state index contributed by atoms with van der Waals surface area (Å²) in [6.07, 6.45) is 0. The van der Waals surface area contributed by atoms with E-state index in [4.69, 9.17) is 10.2 Å². The molecule has 0 fully saturated rings. The molecule has 0 aromatic rings. The van der Waals surface area contributed by atoms with Gasteiger partial charge in [0.1, 0.15) is 5.33 Å². The van der Waals surface area contributed by atoms with E-state index in [2.05, 4.69) is 15.9 Å². The number of aliphatic hydroxyl groups excluding tert-OH is 1. The molecule has 3 nitrogen and oxygen atoms in total. The highest BCUT2D eigenvalue weighted by Crippen LogP contribution is 1.73. The summed E-state index contributed by atoms with van der Waals surface area (Å²) < 4.78 is 0. The Morgan fingerprint density at radius 3 is 1.86 bits per heavy atom. The average molecular weight is 171 g/mol. The zero-order valence-corrected chi connectivity index (χ0v) is 5.47. The molecule has 2 N–H and O–H groups in total. The summed E-state index contributed by atoms with van der Waals surface area (Å²) in [5.74, 6) is -0.829. The number of halogens is 1. The van der Waals surface area contributed by atoms with Crippen LogP contribution in [0.4, 0.5) is 0 Å². The van der Waals surface area contributed by atoms with Crippen molar-refractivity contribution in [2.45, 2.75) is 0 Å². The first-order valence-electron chi connectivity index (χ1n) is 1.50. The first-order valence-corrected chi connectivity index (χ1v) is 2.62. The number of hydrogen-bond donors (Lipinski definition) is 2. The van der Waals surface area contributed by atoms with Crippen molar-refractivity contribution in [3.05, 3.63) is 0 Å². The number of rotatable bonds is 1. The van der Waals surface area contributed by atoms with Gasteiger partial charge >= 0.3 is 5.97 Å². The summed E-state index contributed by atoms with van der Waals surface area (Å²) in [4.78, 5) is 9.32. The predicted octanol–water partition coefficient (Wildman–Crippen LogP) is 0.0744. The maximum Gasteiger partial charge on any atom is 0.314 e. The largest absolute Gasteiger partial charge is 0.481 e. The van der Waals surface area contributed by atoms with E-state index in [9.17, 15) is 4.79 Å². The molecule has 0 aliphatic carbocycles. The summed E-state index contributed by atoms with van der Waals surface area (Å²) in [5.41, 5.74) is 0. The molecule has 0 bridgehead atoms. The molecule has 0 radical (unpaired) electrons. The third-order valence-corrected chi connectivity index (χ3v) is 0.594. The number of hydrogen-bond acceptors (Lipinski definition) is 2. The Kier molecular flexibility index (Phi) is 13.3. The number of carbonyl (C=O) groups is 1. The highest BCUT2D eigenvalue weighted by atomic mass is 79.9. The van der Waals surface area contributed by atoms with Crippen molar-refractivity contribution in [1.82, 2.24) is 0 Å². The minimum absolute atomic E-state index is 0.0347. The lowest BCUT2D eigenvalue weighted by atomic mass is 10.8.